The predicted octanol–water partition coefficient (Wildman–Crippen LogP) is 0.981. The Balaban J connectivity index is 1.86. The molecule has 0 bridgehead atoms. The number of amides is 2. The van der Waals surface area contributed by atoms with E-state index in [0.717, 1.165) is 4.90 Å². The van der Waals surface area contributed by atoms with Gasteiger partial charge in [-0.1, -0.05) is 12.1 Å². The normalized spacial score (nSPS) is 16.4. The first-order valence-corrected chi connectivity index (χ1v) is 11.2. The number of anilines is 1. The number of carbonyl (C=O) groups excluding carboxylic acids is 2. The van der Waals surface area contributed by atoms with Crippen molar-refractivity contribution < 1.29 is 22.7 Å². The number of imide groups is 1. The summed E-state index contributed by atoms with van der Waals surface area (Å²) in [5.74, 6) is -0.122. The molecule has 2 aromatic rings. The van der Waals surface area contributed by atoms with Crippen LogP contribution in [0.5, 0.6) is 5.75 Å². The average Bonchev–Trinajstić information content (AvgIpc) is 3.05. The maximum Gasteiger partial charge on any atom is 0.257 e. The standard InChI is InChI=1S/C20H22N4O5S2/c1-22-20(30)23(12-13-3-9-16(10-4-13)31(21,27)28)17-11-18(25)24(19(17)26)14-5-7-15(29-2)8-6-14/h3-10,17H,11-12H2,1-2H3,(H,22,30)(H2,21,27,28). The van der Waals surface area contributed by atoms with Gasteiger partial charge in [0.05, 0.1) is 24.1 Å². The number of ether oxygens (including phenoxy) is 1. The third-order valence-electron chi connectivity index (χ3n) is 4.91. The van der Waals surface area contributed by atoms with E-state index in [2.05, 4.69) is 5.32 Å². The zero-order chi connectivity index (χ0) is 22.8. The van der Waals surface area contributed by atoms with Crippen molar-refractivity contribution in [1.82, 2.24) is 10.2 Å². The van der Waals surface area contributed by atoms with E-state index in [1.54, 1.807) is 48.3 Å². The van der Waals surface area contributed by atoms with E-state index in [4.69, 9.17) is 22.1 Å². The van der Waals surface area contributed by atoms with Gasteiger partial charge in [-0.05, 0) is 54.2 Å². The zero-order valence-electron chi connectivity index (χ0n) is 16.9. The minimum Gasteiger partial charge on any atom is -0.497 e. The highest BCUT2D eigenvalue weighted by Gasteiger charge is 2.43. The summed E-state index contributed by atoms with van der Waals surface area (Å²) in [5.41, 5.74) is 1.15. The number of nitrogens with one attached hydrogen (secondary N) is 1. The first kappa shape index (κ1) is 22.7. The molecule has 0 saturated carbocycles. The van der Waals surface area contributed by atoms with Gasteiger partial charge in [-0.15, -0.1) is 0 Å². The molecule has 1 aliphatic rings. The maximum atomic E-state index is 13.2. The number of nitrogens with zero attached hydrogens (tertiary/aromatic N) is 2. The van der Waals surface area contributed by atoms with E-state index < -0.39 is 22.0 Å². The SMILES string of the molecule is CNC(=S)N(Cc1ccc(S(N)(=O)=O)cc1)C1CC(=O)N(c2ccc(OC)cc2)C1=O. The number of sulfonamides is 1. The molecule has 0 aromatic heterocycles. The summed E-state index contributed by atoms with van der Waals surface area (Å²) >= 11 is 5.38. The Morgan fingerprint density at radius 2 is 1.81 bits per heavy atom. The molecule has 1 atom stereocenters. The minimum absolute atomic E-state index is 0.0169. The number of benzene rings is 2. The van der Waals surface area contributed by atoms with Crippen molar-refractivity contribution in [1.29, 1.82) is 0 Å². The summed E-state index contributed by atoms with van der Waals surface area (Å²) in [5, 5.41) is 8.27. The summed E-state index contributed by atoms with van der Waals surface area (Å²) in [4.78, 5) is 28.6. The smallest absolute Gasteiger partial charge is 0.257 e. The first-order valence-electron chi connectivity index (χ1n) is 9.26. The van der Waals surface area contributed by atoms with Crippen LogP contribution in [-0.4, -0.2) is 50.4 Å². The van der Waals surface area contributed by atoms with E-state index >= 15 is 0 Å². The van der Waals surface area contributed by atoms with Crippen LogP contribution in [-0.2, 0) is 26.2 Å². The van der Waals surface area contributed by atoms with Crippen LogP contribution in [0.1, 0.15) is 12.0 Å². The van der Waals surface area contributed by atoms with Crippen LogP contribution >= 0.6 is 12.2 Å². The van der Waals surface area contributed by atoms with Crippen molar-refractivity contribution in [2.24, 2.45) is 5.14 Å². The van der Waals surface area contributed by atoms with Gasteiger partial charge in [0.1, 0.15) is 11.8 Å². The number of carbonyl (C=O) groups is 2. The highest BCUT2D eigenvalue weighted by molar-refractivity contribution is 7.89. The molecule has 1 aliphatic heterocycles. The first-order chi connectivity index (χ1) is 14.7. The van der Waals surface area contributed by atoms with Gasteiger partial charge in [0.15, 0.2) is 5.11 Å². The molecule has 3 rings (SSSR count). The van der Waals surface area contributed by atoms with Gasteiger partial charge in [0.2, 0.25) is 15.9 Å². The summed E-state index contributed by atoms with van der Waals surface area (Å²) in [6.45, 7) is 0.199. The van der Waals surface area contributed by atoms with Gasteiger partial charge in [0.25, 0.3) is 5.91 Å². The molecule has 0 spiro atoms. The van der Waals surface area contributed by atoms with Gasteiger partial charge < -0.3 is 15.0 Å². The number of thiocarbonyl (C=S) groups is 1. The van der Waals surface area contributed by atoms with Crippen LogP contribution in [0, 0.1) is 0 Å². The van der Waals surface area contributed by atoms with Gasteiger partial charge >= 0.3 is 0 Å². The number of hydrogen-bond donors (Lipinski definition) is 2. The van der Waals surface area contributed by atoms with Crippen molar-refractivity contribution in [2.45, 2.75) is 23.9 Å². The lowest BCUT2D eigenvalue weighted by Gasteiger charge is -2.29. The second kappa shape index (κ2) is 9.00. The third-order valence-corrected chi connectivity index (χ3v) is 6.28. The largest absolute Gasteiger partial charge is 0.497 e. The van der Waals surface area contributed by atoms with E-state index in [0.29, 0.717) is 22.1 Å². The molecule has 9 nitrogen and oxygen atoms in total. The Hall–Kier alpha value is -3.02. The van der Waals surface area contributed by atoms with Gasteiger partial charge in [0, 0.05) is 13.6 Å². The Morgan fingerprint density at radius 3 is 2.32 bits per heavy atom. The maximum absolute atomic E-state index is 13.2. The Morgan fingerprint density at radius 1 is 1.19 bits per heavy atom. The number of methoxy groups -OCH3 is 1. The fourth-order valence-electron chi connectivity index (χ4n) is 3.31. The lowest BCUT2D eigenvalue weighted by Crippen LogP contribution is -2.48. The van der Waals surface area contributed by atoms with Gasteiger partial charge in [-0.25, -0.2) is 18.5 Å². The summed E-state index contributed by atoms with van der Waals surface area (Å²) < 4.78 is 28.0. The lowest BCUT2D eigenvalue weighted by molar-refractivity contribution is -0.122. The fraction of sp³-hybridized carbons (Fsp3) is 0.250. The van der Waals surface area contributed by atoms with Crippen molar-refractivity contribution in [3.63, 3.8) is 0 Å². The molecule has 2 amide bonds. The molecule has 1 saturated heterocycles. The van der Waals surface area contributed by atoms with E-state index in [-0.39, 0.29) is 23.8 Å². The number of nitrogens with two attached hydrogens (primary N) is 1. The Bertz CT molecular complexity index is 1100. The quantitative estimate of drug-likeness (QED) is 0.481. The monoisotopic (exact) mass is 462 g/mol. The van der Waals surface area contributed by atoms with E-state index in [9.17, 15) is 18.0 Å². The van der Waals surface area contributed by atoms with E-state index in [1.807, 2.05) is 0 Å². The molecule has 11 heteroatoms. The zero-order valence-corrected chi connectivity index (χ0v) is 18.6. The molecule has 1 heterocycles. The second-order valence-corrected chi connectivity index (χ2v) is 8.81. The van der Waals surface area contributed by atoms with Crippen molar-refractivity contribution >= 4 is 44.9 Å². The van der Waals surface area contributed by atoms with Crippen LogP contribution < -0.4 is 20.1 Å². The molecule has 2 aromatic carbocycles. The van der Waals surface area contributed by atoms with Crippen molar-refractivity contribution in [3.8, 4) is 5.75 Å². The number of primary sulfonamides is 1. The minimum atomic E-state index is -3.81. The molecular weight excluding hydrogens is 440 g/mol. The van der Waals surface area contributed by atoms with Crippen LogP contribution in [0.2, 0.25) is 0 Å². The lowest BCUT2D eigenvalue weighted by atomic mass is 10.1. The Kier molecular flexibility index (Phi) is 6.58. The highest BCUT2D eigenvalue weighted by atomic mass is 32.2. The summed E-state index contributed by atoms with van der Waals surface area (Å²) in [6.07, 6.45) is -0.0397. The molecular formula is C20H22N4O5S2. The summed E-state index contributed by atoms with van der Waals surface area (Å²) in [7, 11) is -0.652. The van der Waals surface area contributed by atoms with E-state index in [1.165, 1.54) is 19.2 Å². The molecule has 1 unspecified atom stereocenters. The van der Waals surface area contributed by atoms with Crippen LogP contribution in [0.15, 0.2) is 53.4 Å². The summed E-state index contributed by atoms with van der Waals surface area (Å²) in [6, 6.07) is 11.8. The fourth-order valence-corrected chi connectivity index (χ4v) is 4.02. The molecule has 0 aliphatic carbocycles. The average molecular weight is 463 g/mol. The highest BCUT2D eigenvalue weighted by Crippen LogP contribution is 2.28. The molecule has 0 radical (unpaired) electrons. The van der Waals surface area contributed by atoms with Gasteiger partial charge in [-0.3, -0.25) is 9.59 Å². The number of hydrogen-bond acceptors (Lipinski definition) is 6. The molecule has 31 heavy (non-hydrogen) atoms. The van der Waals surface area contributed by atoms with Gasteiger partial charge in [-0.2, -0.15) is 0 Å². The molecule has 1 fully saturated rings. The molecule has 164 valence electrons. The topological polar surface area (TPSA) is 122 Å². The predicted molar refractivity (Wildman–Crippen MR) is 119 cm³/mol. The van der Waals surface area contributed by atoms with Crippen molar-refractivity contribution in [2.75, 3.05) is 19.1 Å². The number of rotatable bonds is 6. The Labute approximate surface area is 185 Å². The molecule has 3 N–H and O–H groups in total. The van der Waals surface area contributed by atoms with Crippen LogP contribution in [0.3, 0.4) is 0 Å². The third kappa shape index (κ3) is 4.84. The van der Waals surface area contributed by atoms with Crippen LogP contribution in [0.25, 0.3) is 0 Å². The second-order valence-electron chi connectivity index (χ2n) is 6.86. The van der Waals surface area contributed by atoms with Crippen molar-refractivity contribution in [3.05, 3.63) is 54.1 Å². The van der Waals surface area contributed by atoms with Crippen LogP contribution in [0.4, 0.5) is 5.69 Å².